The summed E-state index contributed by atoms with van der Waals surface area (Å²) >= 11 is 3.53. The number of amides is 1. The van der Waals surface area contributed by atoms with Crippen molar-refractivity contribution in [2.45, 2.75) is 33.6 Å². The van der Waals surface area contributed by atoms with Crippen molar-refractivity contribution >= 4 is 38.4 Å². The zero-order valence-electron chi connectivity index (χ0n) is 17.0. The molecule has 1 amide bonds. The van der Waals surface area contributed by atoms with Crippen molar-refractivity contribution in [1.82, 2.24) is 5.32 Å². The number of fused-ring (bicyclic) bond motifs is 1. The monoisotopic (exact) mass is 455 g/mol. The van der Waals surface area contributed by atoms with Crippen LogP contribution in [0.15, 0.2) is 57.6 Å². The SMILES string of the molecule is CCCCNC(=O)/C=C(\C)c1cc2c(-c3cccc(Br)c3)coc2cc1OCC. The molecule has 29 heavy (non-hydrogen) atoms. The van der Waals surface area contributed by atoms with Crippen LogP contribution in [-0.4, -0.2) is 19.1 Å². The van der Waals surface area contributed by atoms with E-state index in [1.54, 1.807) is 12.3 Å². The number of hydrogen-bond acceptors (Lipinski definition) is 3. The molecule has 3 rings (SSSR count). The zero-order valence-corrected chi connectivity index (χ0v) is 18.6. The lowest BCUT2D eigenvalue weighted by Gasteiger charge is -2.12. The molecule has 1 aromatic heterocycles. The number of nitrogens with one attached hydrogen (secondary N) is 1. The van der Waals surface area contributed by atoms with Gasteiger partial charge in [-0.3, -0.25) is 4.79 Å². The molecule has 152 valence electrons. The van der Waals surface area contributed by atoms with Crippen LogP contribution in [0.5, 0.6) is 5.75 Å². The molecule has 0 saturated heterocycles. The molecule has 1 N–H and O–H groups in total. The van der Waals surface area contributed by atoms with E-state index in [-0.39, 0.29) is 5.91 Å². The van der Waals surface area contributed by atoms with Gasteiger partial charge in [0.15, 0.2) is 0 Å². The van der Waals surface area contributed by atoms with Gasteiger partial charge in [0.2, 0.25) is 5.91 Å². The third-order valence-corrected chi connectivity index (χ3v) is 5.21. The summed E-state index contributed by atoms with van der Waals surface area (Å²) in [5.74, 6) is 0.628. The Morgan fingerprint density at radius 3 is 2.79 bits per heavy atom. The van der Waals surface area contributed by atoms with Crippen molar-refractivity contribution in [3.8, 4) is 16.9 Å². The molecule has 0 fully saturated rings. The third-order valence-electron chi connectivity index (χ3n) is 4.71. The van der Waals surface area contributed by atoms with Crippen molar-refractivity contribution in [1.29, 1.82) is 0 Å². The second-order valence-electron chi connectivity index (χ2n) is 6.91. The van der Waals surface area contributed by atoms with E-state index in [2.05, 4.69) is 40.3 Å². The highest BCUT2D eigenvalue weighted by Crippen LogP contribution is 2.38. The lowest BCUT2D eigenvalue weighted by Crippen LogP contribution is -2.22. The van der Waals surface area contributed by atoms with Crippen LogP contribution in [0.25, 0.3) is 27.7 Å². The van der Waals surface area contributed by atoms with Gasteiger partial charge in [-0.15, -0.1) is 0 Å². The van der Waals surface area contributed by atoms with Crippen LogP contribution < -0.4 is 10.1 Å². The molecule has 0 atom stereocenters. The molecule has 5 heteroatoms. The molecule has 0 spiro atoms. The molecule has 0 aliphatic heterocycles. The lowest BCUT2D eigenvalue weighted by atomic mass is 9.99. The number of benzene rings is 2. The van der Waals surface area contributed by atoms with E-state index in [1.807, 2.05) is 38.1 Å². The number of rotatable bonds is 8. The van der Waals surface area contributed by atoms with Gasteiger partial charge in [-0.1, -0.05) is 41.4 Å². The fourth-order valence-corrected chi connectivity index (χ4v) is 3.63. The first kappa shape index (κ1) is 21.2. The minimum Gasteiger partial charge on any atom is -0.493 e. The minimum atomic E-state index is -0.0853. The first-order chi connectivity index (χ1) is 14.0. The standard InChI is InChI=1S/C24H26BrNO3/c1-4-6-10-26-24(27)11-16(3)19-13-20-21(17-8-7-9-18(25)12-17)15-29-23(20)14-22(19)28-5-2/h7-9,11-15H,4-6,10H2,1-3H3,(H,26,27)/b16-11+. The second kappa shape index (κ2) is 9.79. The molecule has 3 aromatic rings. The average Bonchev–Trinajstić information content (AvgIpc) is 3.10. The summed E-state index contributed by atoms with van der Waals surface area (Å²) in [7, 11) is 0. The summed E-state index contributed by atoms with van der Waals surface area (Å²) in [5, 5.41) is 3.92. The quantitative estimate of drug-likeness (QED) is 0.308. The Labute approximate surface area is 180 Å². The number of allylic oxidation sites excluding steroid dienone is 1. The molecule has 0 aliphatic rings. The van der Waals surface area contributed by atoms with E-state index in [4.69, 9.17) is 9.15 Å². The largest absolute Gasteiger partial charge is 0.493 e. The Kier molecular flexibility index (Phi) is 7.15. The van der Waals surface area contributed by atoms with Crippen molar-refractivity contribution in [2.75, 3.05) is 13.2 Å². The topological polar surface area (TPSA) is 51.5 Å². The number of ether oxygens (including phenoxy) is 1. The van der Waals surface area contributed by atoms with E-state index < -0.39 is 0 Å². The van der Waals surface area contributed by atoms with Gasteiger partial charge in [0.05, 0.1) is 12.9 Å². The second-order valence-corrected chi connectivity index (χ2v) is 7.82. The number of halogens is 1. The van der Waals surface area contributed by atoms with Crippen LogP contribution in [0.2, 0.25) is 0 Å². The predicted octanol–water partition coefficient (Wildman–Crippen LogP) is 6.58. The fraction of sp³-hybridized carbons (Fsp3) is 0.292. The van der Waals surface area contributed by atoms with Crippen LogP contribution in [0.4, 0.5) is 0 Å². The summed E-state index contributed by atoms with van der Waals surface area (Å²) in [4.78, 5) is 12.3. The van der Waals surface area contributed by atoms with E-state index in [0.29, 0.717) is 18.9 Å². The molecular formula is C24H26BrNO3. The number of carbonyl (C=O) groups is 1. The normalized spacial score (nSPS) is 11.7. The highest BCUT2D eigenvalue weighted by atomic mass is 79.9. The van der Waals surface area contributed by atoms with E-state index >= 15 is 0 Å². The van der Waals surface area contributed by atoms with Crippen LogP contribution in [0, 0.1) is 0 Å². The van der Waals surface area contributed by atoms with Gasteiger partial charge in [0.25, 0.3) is 0 Å². The molecule has 0 saturated carbocycles. The summed E-state index contributed by atoms with van der Waals surface area (Å²) in [6.45, 7) is 7.20. The van der Waals surface area contributed by atoms with E-state index in [9.17, 15) is 4.79 Å². The molecular weight excluding hydrogens is 430 g/mol. The molecule has 2 aromatic carbocycles. The maximum atomic E-state index is 12.3. The van der Waals surface area contributed by atoms with Crippen LogP contribution in [0.1, 0.15) is 39.2 Å². The fourth-order valence-electron chi connectivity index (χ4n) is 3.23. The number of furan rings is 1. The van der Waals surface area contributed by atoms with Crippen LogP contribution >= 0.6 is 15.9 Å². The number of hydrogen-bond donors (Lipinski definition) is 1. The molecule has 0 bridgehead atoms. The highest BCUT2D eigenvalue weighted by Gasteiger charge is 2.15. The van der Waals surface area contributed by atoms with Gasteiger partial charge in [-0.25, -0.2) is 0 Å². The molecule has 0 unspecified atom stereocenters. The van der Waals surface area contributed by atoms with E-state index in [1.165, 1.54) is 0 Å². The smallest absolute Gasteiger partial charge is 0.244 e. The first-order valence-electron chi connectivity index (χ1n) is 9.94. The van der Waals surface area contributed by atoms with Crippen molar-refractivity contribution < 1.29 is 13.9 Å². The maximum absolute atomic E-state index is 12.3. The van der Waals surface area contributed by atoms with Crippen molar-refractivity contribution in [3.05, 3.63) is 58.8 Å². The average molecular weight is 456 g/mol. The van der Waals surface area contributed by atoms with Gasteiger partial charge in [0.1, 0.15) is 11.3 Å². The van der Waals surface area contributed by atoms with Crippen molar-refractivity contribution in [2.24, 2.45) is 0 Å². The maximum Gasteiger partial charge on any atom is 0.244 e. The predicted molar refractivity (Wildman–Crippen MR) is 122 cm³/mol. The van der Waals surface area contributed by atoms with Crippen molar-refractivity contribution in [3.63, 3.8) is 0 Å². The van der Waals surface area contributed by atoms with Gasteiger partial charge in [-0.05, 0) is 49.6 Å². The van der Waals surface area contributed by atoms with Gasteiger partial charge >= 0.3 is 0 Å². The number of carbonyl (C=O) groups excluding carboxylic acids is 1. The summed E-state index contributed by atoms with van der Waals surface area (Å²) in [6.07, 6.45) is 5.42. The molecule has 0 aliphatic carbocycles. The Morgan fingerprint density at radius 1 is 1.24 bits per heavy atom. The Morgan fingerprint density at radius 2 is 2.07 bits per heavy atom. The first-order valence-corrected chi connectivity index (χ1v) is 10.7. The lowest BCUT2D eigenvalue weighted by molar-refractivity contribution is -0.116. The molecule has 0 radical (unpaired) electrons. The molecule has 1 heterocycles. The summed E-state index contributed by atoms with van der Waals surface area (Å²) in [5.41, 5.74) is 4.57. The summed E-state index contributed by atoms with van der Waals surface area (Å²) in [6, 6.07) is 12.1. The van der Waals surface area contributed by atoms with Gasteiger partial charge in [-0.2, -0.15) is 0 Å². The van der Waals surface area contributed by atoms with Crippen LogP contribution in [-0.2, 0) is 4.79 Å². The Hall–Kier alpha value is -2.53. The van der Waals surface area contributed by atoms with E-state index in [0.717, 1.165) is 50.5 Å². The Balaban J connectivity index is 2.03. The van der Waals surface area contributed by atoms with Gasteiger partial charge in [0, 0.05) is 39.7 Å². The molecule has 4 nitrogen and oxygen atoms in total. The summed E-state index contributed by atoms with van der Waals surface area (Å²) < 4.78 is 12.7. The van der Waals surface area contributed by atoms with Gasteiger partial charge < -0.3 is 14.5 Å². The zero-order chi connectivity index (χ0) is 20.8. The van der Waals surface area contributed by atoms with Crippen LogP contribution in [0.3, 0.4) is 0 Å². The Bertz CT molecular complexity index is 1040. The number of unbranched alkanes of at least 4 members (excludes halogenated alkanes) is 1. The highest BCUT2D eigenvalue weighted by molar-refractivity contribution is 9.10. The minimum absolute atomic E-state index is 0.0853. The third kappa shape index (κ3) is 5.10.